The molecular formula is C20H29N5O4. The highest BCUT2D eigenvalue weighted by molar-refractivity contribution is 5.94. The number of methoxy groups -OCH3 is 1. The molecule has 0 aromatic heterocycles. The van der Waals surface area contributed by atoms with Crippen LogP contribution in [0, 0.1) is 5.92 Å². The van der Waals surface area contributed by atoms with Crippen LogP contribution in [0.3, 0.4) is 0 Å². The van der Waals surface area contributed by atoms with Crippen molar-refractivity contribution in [3.8, 4) is 5.75 Å². The van der Waals surface area contributed by atoms with Crippen LogP contribution in [0.1, 0.15) is 25.7 Å². The first-order valence-electron chi connectivity index (χ1n) is 10.0. The molecule has 29 heavy (non-hydrogen) atoms. The molecule has 4 N–H and O–H groups in total. The van der Waals surface area contributed by atoms with Crippen molar-refractivity contribution in [3.05, 3.63) is 18.2 Å². The van der Waals surface area contributed by atoms with Crippen molar-refractivity contribution in [2.75, 3.05) is 50.1 Å². The van der Waals surface area contributed by atoms with Gasteiger partial charge in [0.1, 0.15) is 5.75 Å². The van der Waals surface area contributed by atoms with Crippen LogP contribution < -0.4 is 25.6 Å². The van der Waals surface area contributed by atoms with Gasteiger partial charge in [-0.15, -0.1) is 0 Å². The lowest BCUT2D eigenvalue weighted by Crippen LogP contribution is -2.41. The van der Waals surface area contributed by atoms with Gasteiger partial charge in [0, 0.05) is 44.3 Å². The lowest BCUT2D eigenvalue weighted by atomic mass is 9.95. The lowest BCUT2D eigenvalue weighted by Gasteiger charge is -2.34. The molecular weight excluding hydrogens is 374 g/mol. The van der Waals surface area contributed by atoms with Gasteiger partial charge in [-0.05, 0) is 37.5 Å². The highest BCUT2D eigenvalue weighted by Gasteiger charge is 2.26. The van der Waals surface area contributed by atoms with E-state index in [4.69, 9.17) is 9.84 Å². The Kier molecular flexibility index (Phi) is 7.15. The summed E-state index contributed by atoms with van der Waals surface area (Å²) in [7, 11) is 1.65. The van der Waals surface area contributed by atoms with E-state index >= 15 is 0 Å². The molecule has 2 aliphatic heterocycles. The van der Waals surface area contributed by atoms with Crippen LogP contribution in [-0.2, 0) is 9.59 Å². The molecule has 0 bridgehead atoms. The molecule has 158 valence electrons. The first-order valence-corrected chi connectivity index (χ1v) is 10.0. The number of anilines is 2. The minimum atomic E-state index is -0.907. The van der Waals surface area contributed by atoms with Crippen molar-refractivity contribution in [1.82, 2.24) is 10.6 Å². The molecule has 1 amide bonds. The van der Waals surface area contributed by atoms with Gasteiger partial charge < -0.3 is 30.7 Å². The van der Waals surface area contributed by atoms with E-state index in [-0.39, 0.29) is 24.8 Å². The Balaban J connectivity index is 1.60. The van der Waals surface area contributed by atoms with E-state index in [0.29, 0.717) is 12.8 Å². The normalized spacial score (nSPS) is 17.1. The average molecular weight is 403 g/mol. The topological polar surface area (TPSA) is 115 Å². The standard InChI is InChI=1S/C20H29N5O4/c1-29-17-4-3-15(24-20-22-8-2-9-23-20)13-16(17)25-11-6-14(7-12-25)19(28)21-10-5-18(26)27/h3-4,13-14H,2,5-12H2,1H3,(H,21,28)(H,26,27)(H2,22,23,24). The van der Waals surface area contributed by atoms with E-state index in [2.05, 4.69) is 25.8 Å². The Morgan fingerprint density at radius 1 is 1.34 bits per heavy atom. The van der Waals surface area contributed by atoms with Crippen molar-refractivity contribution in [2.24, 2.45) is 10.9 Å². The quantitative estimate of drug-likeness (QED) is 0.542. The summed E-state index contributed by atoms with van der Waals surface area (Å²) in [6, 6.07) is 5.94. The van der Waals surface area contributed by atoms with Crippen LogP contribution in [0.5, 0.6) is 5.75 Å². The molecule has 0 aliphatic carbocycles. The monoisotopic (exact) mass is 403 g/mol. The van der Waals surface area contributed by atoms with Gasteiger partial charge >= 0.3 is 5.97 Å². The van der Waals surface area contributed by atoms with Crippen LogP contribution >= 0.6 is 0 Å². The molecule has 3 rings (SSSR count). The second-order valence-electron chi connectivity index (χ2n) is 7.22. The summed E-state index contributed by atoms with van der Waals surface area (Å²) in [6.07, 6.45) is 2.42. The lowest BCUT2D eigenvalue weighted by molar-refractivity contribution is -0.137. The summed E-state index contributed by atoms with van der Waals surface area (Å²) in [6.45, 7) is 3.37. The fourth-order valence-electron chi connectivity index (χ4n) is 3.59. The molecule has 9 heteroatoms. The van der Waals surface area contributed by atoms with Gasteiger partial charge in [0.05, 0.1) is 19.2 Å². The van der Waals surface area contributed by atoms with E-state index in [1.165, 1.54) is 0 Å². The van der Waals surface area contributed by atoms with E-state index < -0.39 is 5.97 Å². The second kappa shape index (κ2) is 9.99. The maximum atomic E-state index is 12.2. The number of carboxylic acid groups (broad SMARTS) is 1. The first kappa shape index (κ1) is 20.8. The third kappa shape index (κ3) is 5.75. The van der Waals surface area contributed by atoms with Crippen molar-refractivity contribution in [3.63, 3.8) is 0 Å². The summed E-state index contributed by atoms with van der Waals surface area (Å²) in [5.41, 5.74) is 1.92. The number of benzene rings is 1. The Bertz CT molecular complexity index is 759. The number of nitrogens with one attached hydrogen (secondary N) is 3. The van der Waals surface area contributed by atoms with Gasteiger partial charge in [0.15, 0.2) is 5.96 Å². The van der Waals surface area contributed by atoms with Gasteiger partial charge in [-0.3, -0.25) is 14.6 Å². The number of aliphatic imine (C=N–C) groups is 1. The summed E-state index contributed by atoms with van der Waals surface area (Å²) in [5.74, 6) is 0.514. The smallest absolute Gasteiger partial charge is 0.305 e. The molecule has 2 heterocycles. The van der Waals surface area contributed by atoms with Crippen molar-refractivity contribution in [1.29, 1.82) is 0 Å². The van der Waals surface area contributed by atoms with Crippen LogP contribution in [0.4, 0.5) is 11.4 Å². The van der Waals surface area contributed by atoms with Crippen molar-refractivity contribution < 1.29 is 19.4 Å². The van der Waals surface area contributed by atoms with E-state index in [9.17, 15) is 9.59 Å². The summed E-state index contributed by atoms with van der Waals surface area (Å²) in [4.78, 5) is 29.5. The van der Waals surface area contributed by atoms with E-state index in [1.54, 1.807) is 7.11 Å². The largest absolute Gasteiger partial charge is 0.495 e. The number of carbonyl (C=O) groups excluding carboxylic acids is 1. The third-order valence-corrected chi connectivity index (χ3v) is 5.18. The molecule has 0 radical (unpaired) electrons. The van der Waals surface area contributed by atoms with Crippen molar-refractivity contribution >= 4 is 29.2 Å². The van der Waals surface area contributed by atoms with Crippen LogP contribution in [0.2, 0.25) is 0 Å². The SMILES string of the molecule is COc1ccc(NC2=NCCCN2)cc1N1CCC(C(=O)NCCC(=O)O)CC1. The van der Waals surface area contributed by atoms with Gasteiger partial charge in [-0.1, -0.05) is 0 Å². The molecule has 1 aromatic rings. The number of ether oxygens (including phenoxy) is 1. The molecule has 0 saturated carbocycles. The van der Waals surface area contributed by atoms with Crippen LogP contribution in [-0.4, -0.2) is 62.8 Å². The molecule has 0 atom stereocenters. The molecule has 0 spiro atoms. The summed E-state index contributed by atoms with van der Waals surface area (Å²) in [5, 5.41) is 18.0. The maximum absolute atomic E-state index is 12.2. The molecule has 1 saturated heterocycles. The fourth-order valence-corrected chi connectivity index (χ4v) is 3.59. The Morgan fingerprint density at radius 3 is 2.79 bits per heavy atom. The maximum Gasteiger partial charge on any atom is 0.305 e. The van der Waals surface area contributed by atoms with Gasteiger partial charge in [-0.25, -0.2) is 0 Å². The zero-order valence-electron chi connectivity index (χ0n) is 16.7. The average Bonchev–Trinajstić information content (AvgIpc) is 2.74. The number of piperidine rings is 1. The van der Waals surface area contributed by atoms with Crippen LogP contribution in [0.25, 0.3) is 0 Å². The second-order valence-corrected chi connectivity index (χ2v) is 7.22. The number of hydrogen-bond donors (Lipinski definition) is 4. The Hall–Kier alpha value is -2.97. The fraction of sp³-hybridized carbons (Fsp3) is 0.550. The highest BCUT2D eigenvalue weighted by atomic mass is 16.5. The summed E-state index contributed by atoms with van der Waals surface area (Å²) < 4.78 is 5.54. The van der Waals surface area contributed by atoms with E-state index in [0.717, 1.165) is 55.7 Å². The van der Waals surface area contributed by atoms with Gasteiger partial charge in [0.2, 0.25) is 5.91 Å². The van der Waals surface area contributed by atoms with E-state index in [1.807, 2.05) is 18.2 Å². The molecule has 2 aliphatic rings. The molecule has 1 aromatic carbocycles. The number of aliphatic carboxylic acids is 1. The van der Waals surface area contributed by atoms with Gasteiger partial charge in [-0.2, -0.15) is 0 Å². The third-order valence-electron chi connectivity index (χ3n) is 5.18. The predicted molar refractivity (Wildman–Crippen MR) is 112 cm³/mol. The number of nitrogens with zero attached hydrogens (tertiary/aromatic N) is 2. The molecule has 9 nitrogen and oxygen atoms in total. The number of carboxylic acids is 1. The first-order chi connectivity index (χ1) is 14.1. The minimum absolute atomic E-state index is 0.0538. The Labute approximate surface area is 170 Å². The number of guanidine groups is 1. The summed E-state index contributed by atoms with van der Waals surface area (Å²) >= 11 is 0. The zero-order chi connectivity index (χ0) is 20.6. The number of rotatable bonds is 7. The van der Waals surface area contributed by atoms with Gasteiger partial charge in [0.25, 0.3) is 0 Å². The Morgan fingerprint density at radius 2 is 2.14 bits per heavy atom. The minimum Gasteiger partial charge on any atom is -0.495 e. The predicted octanol–water partition coefficient (Wildman–Crippen LogP) is 1.26. The molecule has 0 unspecified atom stereocenters. The highest BCUT2D eigenvalue weighted by Crippen LogP contribution is 2.34. The number of hydrogen-bond acceptors (Lipinski definition) is 7. The van der Waals surface area contributed by atoms with Crippen molar-refractivity contribution in [2.45, 2.75) is 25.7 Å². The molecule has 1 fully saturated rings. The van der Waals surface area contributed by atoms with Crippen LogP contribution in [0.15, 0.2) is 23.2 Å². The zero-order valence-corrected chi connectivity index (χ0v) is 16.7. The number of amides is 1. The number of carbonyl (C=O) groups is 2.